The van der Waals surface area contributed by atoms with Crippen LogP contribution in [0.4, 0.5) is 0 Å². The minimum atomic E-state index is 0.121. The summed E-state index contributed by atoms with van der Waals surface area (Å²) in [5.41, 5.74) is 1.03. The zero-order valence-electron chi connectivity index (χ0n) is 8.60. The molecule has 0 saturated heterocycles. The number of aromatic nitrogens is 2. The van der Waals surface area contributed by atoms with Gasteiger partial charge in [0.05, 0.1) is 21.5 Å². The highest BCUT2D eigenvalue weighted by Crippen LogP contribution is 2.33. The second-order valence-corrected chi connectivity index (χ2v) is 5.72. The number of aliphatic hydroxyl groups is 1. The van der Waals surface area contributed by atoms with Gasteiger partial charge in [-0.1, -0.05) is 11.8 Å². The van der Waals surface area contributed by atoms with Crippen molar-refractivity contribution >= 4 is 23.1 Å². The molecule has 0 aromatic carbocycles. The summed E-state index contributed by atoms with van der Waals surface area (Å²) in [6, 6.07) is 6.04. The van der Waals surface area contributed by atoms with E-state index >= 15 is 0 Å². The fraction of sp³-hybridized carbons (Fsp3) is 0.300. The summed E-state index contributed by atoms with van der Waals surface area (Å²) in [7, 11) is 1.94. The van der Waals surface area contributed by atoms with Crippen molar-refractivity contribution in [3.8, 4) is 0 Å². The number of rotatable bonds is 3. The third-order valence-electron chi connectivity index (χ3n) is 1.96. The molecule has 80 valence electrons. The number of aliphatic hydroxyl groups excluding tert-OH is 1. The molecule has 0 saturated carbocycles. The summed E-state index contributed by atoms with van der Waals surface area (Å²) in [4.78, 5) is 0.997. The molecule has 0 radical (unpaired) electrons. The molecule has 1 N–H and O–H groups in total. The Hall–Kier alpha value is -0.780. The lowest BCUT2D eigenvalue weighted by Gasteiger charge is -1.97. The second kappa shape index (κ2) is 4.38. The molecule has 0 unspecified atom stereocenters. The Bertz CT molecular complexity index is 462. The molecule has 0 aliphatic rings. The van der Waals surface area contributed by atoms with E-state index in [1.165, 1.54) is 4.21 Å². The standard InChI is InChI=1S/C10H12N2OS2/c1-7-5-9(12(2)11-7)15-10-4-3-8(6-13)14-10/h3-5,13H,6H2,1-2H3. The molecule has 0 aliphatic heterocycles. The molecule has 0 atom stereocenters. The molecule has 5 heteroatoms. The first-order valence-electron chi connectivity index (χ1n) is 4.57. The van der Waals surface area contributed by atoms with E-state index in [1.807, 2.05) is 30.8 Å². The zero-order chi connectivity index (χ0) is 10.8. The van der Waals surface area contributed by atoms with Crippen molar-refractivity contribution < 1.29 is 5.11 Å². The largest absolute Gasteiger partial charge is 0.391 e. The maximum absolute atomic E-state index is 8.96. The Balaban J connectivity index is 2.17. The molecule has 2 heterocycles. The van der Waals surface area contributed by atoms with Gasteiger partial charge in [-0.15, -0.1) is 11.3 Å². The highest BCUT2D eigenvalue weighted by Gasteiger charge is 2.06. The van der Waals surface area contributed by atoms with Crippen LogP contribution in [0.2, 0.25) is 0 Å². The van der Waals surface area contributed by atoms with Crippen molar-refractivity contribution in [2.45, 2.75) is 22.8 Å². The molecule has 0 fully saturated rings. The van der Waals surface area contributed by atoms with Crippen LogP contribution in [0.3, 0.4) is 0 Å². The highest BCUT2D eigenvalue weighted by molar-refractivity contribution is 8.01. The maximum Gasteiger partial charge on any atom is 0.0994 e. The molecular weight excluding hydrogens is 228 g/mol. The van der Waals surface area contributed by atoms with Gasteiger partial charge in [-0.05, 0) is 25.1 Å². The fourth-order valence-corrected chi connectivity index (χ4v) is 3.37. The van der Waals surface area contributed by atoms with Gasteiger partial charge in [0, 0.05) is 11.9 Å². The summed E-state index contributed by atoms with van der Waals surface area (Å²) >= 11 is 3.30. The van der Waals surface area contributed by atoms with Crippen LogP contribution >= 0.6 is 23.1 Å². The van der Waals surface area contributed by atoms with Crippen LogP contribution in [0.25, 0.3) is 0 Å². The molecule has 0 aliphatic carbocycles. The topological polar surface area (TPSA) is 38.0 Å². The molecule has 0 bridgehead atoms. The molecular formula is C10H12N2OS2. The minimum absolute atomic E-state index is 0.121. The predicted molar refractivity (Wildman–Crippen MR) is 62.3 cm³/mol. The van der Waals surface area contributed by atoms with E-state index in [4.69, 9.17) is 5.11 Å². The molecule has 3 nitrogen and oxygen atoms in total. The van der Waals surface area contributed by atoms with Crippen molar-refractivity contribution in [1.82, 2.24) is 9.78 Å². The first-order chi connectivity index (χ1) is 7.19. The van der Waals surface area contributed by atoms with E-state index in [1.54, 1.807) is 23.1 Å². The van der Waals surface area contributed by atoms with Crippen LogP contribution in [0, 0.1) is 6.92 Å². The van der Waals surface area contributed by atoms with E-state index in [0.717, 1.165) is 15.6 Å². The molecule has 15 heavy (non-hydrogen) atoms. The number of nitrogens with zero attached hydrogens (tertiary/aromatic N) is 2. The summed E-state index contributed by atoms with van der Waals surface area (Å²) in [6.45, 7) is 2.10. The van der Waals surface area contributed by atoms with E-state index in [9.17, 15) is 0 Å². The summed E-state index contributed by atoms with van der Waals surface area (Å²) < 4.78 is 3.06. The maximum atomic E-state index is 8.96. The van der Waals surface area contributed by atoms with Gasteiger partial charge in [-0.2, -0.15) is 5.10 Å². The van der Waals surface area contributed by atoms with E-state index in [2.05, 4.69) is 11.2 Å². The van der Waals surface area contributed by atoms with Gasteiger partial charge in [0.25, 0.3) is 0 Å². The third-order valence-corrected chi connectivity index (χ3v) is 4.25. The molecule has 0 spiro atoms. The summed E-state index contributed by atoms with van der Waals surface area (Å²) in [5, 5.41) is 14.4. The predicted octanol–water partition coefficient (Wildman–Crippen LogP) is 2.43. The van der Waals surface area contributed by atoms with Gasteiger partial charge < -0.3 is 5.11 Å². The Morgan fingerprint density at radius 1 is 1.53 bits per heavy atom. The molecule has 2 aromatic rings. The first-order valence-corrected chi connectivity index (χ1v) is 6.20. The van der Waals surface area contributed by atoms with Crippen LogP contribution in [0.15, 0.2) is 27.4 Å². The van der Waals surface area contributed by atoms with Gasteiger partial charge in [-0.25, -0.2) is 0 Å². The van der Waals surface area contributed by atoms with Gasteiger partial charge in [0.2, 0.25) is 0 Å². The Morgan fingerprint density at radius 2 is 2.33 bits per heavy atom. The van der Waals surface area contributed by atoms with Crippen LogP contribution in [0.5, 0.6) is 0 Å². The SMILES string of the molecule is Cc1cc(Sc2ccc(CO)s2)n(C)n1. The highest BCUT2D eigenvalue weighted by atomic mass is 32.2. The lowest BCUT2D eigenvalue weighted by atomic mass is 10.5. The van der Waals surface area contributed by atoms with Gasteiger partial charge >= 0.3 is 0 Å². The van der Waals surface area contributed by atoms with E-state index in [0.29, 0.717) is 0 Å². The Labute approximate surface area is 96.7 Å². The van der Waals surface area contributed by atoms with Gasteiger partial charge in [-0.3, -0.25) is 4.68 Å². The molecule has 2 aromatic heterocycles. The van der Waals surface area contributed by atoms with Crippen LogP contribution in [0.1, 0.15) is 10.6 Å². The minimum Gasteiger partial charge on any atom is -0.391 e. The summed E-state index contributed by atoms with van der Waals surface area (Å²) in [6.07, 6.45) is 0. The average molecular weight is 240 g/mol. The van der Waals surface area contributed by atoms with E-state index < -0.39 is 0 Å². The zero-order valence-corrected chi connectivity index (χ0v) is 10.2. The Kier molecular flexibility index (Phi) is 3.14. The van der Waals surface area contributed by atoms with Crippen molar-refractivity contribution in [3.63, 3.8) is 0 Å². The smallest absolute Gasteiger partial charge is 0.0994 e. The monoisotopic (exact) mass is 240 g/mol. The quantitative estimate of drug-likeness (QED) is 0.895. The third kappa shape index (κ3) is 2.42. The van der Waals surface area contributed by atoms with Crippen LogP contribution in [-0.2, 0) is 13.7 Å². The van der Waals surface area contributed by atoms with Crippen molar-refractivity contribution in [3.05, 3.63) is 28.8 Å². The Morgan fingerprint density at radius 3 is 2.87 bits per heavy atom. The lowest BCUT2D eigenvalue weighted by molar-refractivity contribution is 0.285. The van der Waals surface area contributed by atoms with E-state index in [-0.39, 0.29) is 6.61 Å². The average Bonchev–Trinajstić information content (AvgIpc) is 2.75. The molecule has 0 amide bonds. The normalized spacial score (nSPS) is 10.9. The summed E-state index contributed by atoms with van der Waals surface area (Å²) in [5.74, 6) is 0. The first kappa shape index (κ1) is 10.7. The number of hydrogen-bond donors (Lipinski definition) is 1. The lowest BCUT2D eigenvalue weighted by Crippen LogP contribution is -1.91. The number of aryl methyl sites for hydroxylation is 2. The fourth-order valence-electron chi connectivity index (χ4n) is 1.28. The van der Waals surface area contributed by atoms with Gasteiger partial charge in [0.15, 0.2) is 0 Å². The number of hydrogen-bond acceptors (Lipinski definition) is 4. The van der Waals surface area contributed by atoms with Crippen LogP contribution in [-0.4, -0.2) is 14.9 Å². The van der Waals surface area contributed by atoms with Crippen molar-refractivity contribution in [2.75, 3.05) is 0 Å². The van der Waals surface area contributed by atoms with Crippen molar-refractivity contribution in [1.29, 1.82) is 0 Å². The second-order valence-electron chi connectivity index (χ2n) is 3.23. The van der Waals surface area contributed by atoms with Crippen molar-refractivity contribution in [2.24, 2.45) is 7.05 Å². The van der Waals surface area contributed by atoms with Gasteiger partial charge in [0.1, 0.15) is 0 Å². The van der Waals surface area contributed by atoms with Crippen LogP contribution < -0.4 is 0 Å². The molecule has 2 rings (SSSR count). The number of thiophene rings is 1.